The van der Waals surface area contributed by atoms with Crippen molar-refractivity contribution >= 4 is 5.97 Å². The highest BCUT2D eigenvalue weighted by molar-refractivity contribution is 5.74. The van der Waals surface area contributed by atoms with Crippen LogP contribution in [0.3, 0.4) is 0 Å². The van der Waals surface area contributed by atoms with E-state index in [1.54, 1.807) is 6.08 Å². The van der Waals surface area contributed by atoms with E-state index in [2.05, 4.69) is 33.4 Å². The van der Waals surface area contributed by atoms with Gasteiger partial charge in [-0.2, -0.15) is 0 Å². The maximum Gasteiger partial charge on any atom is 0.307 e. The van der Waals surface area contributed by atoms with Gasteiger partial charge in [-0.3, -0.25) is 4.79 Å². The zero-order valence-electron chi connectivity index (χ0n) is 13.8. The quantitative estimate of drug-likeness (QED) is 0.633. The monoisotopic (exact) mass is 302 g/mol. The van der Waals surface area contributed by atoms with Crippen LogP contribution in [0.2, 0.25) is 0 Å². The van der Waals surface area contributed by atoms with E-state index in [1.807, 2.05) is 12.2 Å². The summed E-state index contributed by atoms with van der Waals surface area (Å²) in [5.74, 6) is -0.236. The van der Waals surface area contributed by atoms with Gasteiger partial charge >= 0.3 is 5.97 Å². The molecule has 0 aromatic heterocycles. The van der Waals surface area contributed by atoms with Gasteiger partial charge in [0.05, 0.1) is 17.9 Å². The van der Waals surface area contributed by atoms with Crippen LogP contribution in [0.5, 0.6) is 0 Å². The Morgan fingerprint density at radius 1 is 1.45 bits per heavy atom. The number of rotatable bonds is 4. The molecule has 0 bridgehead atoms. The van der Waals surface area contributed by atoms with Crippen molar-refractivity contribution < 1.29 is 14.6 Å². The summed E-state index contributed by atoms with van der Waals surface area (Å²) < 4.78 is 5.51. The van der Waals surface area contributed by atoms with Crippen LogP contribution in [0.1, 0.15) is 46.5 Å². The van der Waals surface area contributed by atoms with Crippen LogP contribution in [0.15, 0.2) is 47.6 Å². The molecule has 1 unspecified atom stereocenters. The number of allylic oxidation sites excluding steroid dienone is 5. The van der Waals surface area contributed by atoms with Gasteiger partial charge in [-0.25, -0.2) is 0 Å². The average Bonchev–Trinajstić information content (AvgIpc) is 2.70. The van der Waals surface area contributed by atoms with Gasteiger partial charge in [0.2, 0.25) is 0 Å². The molecule has 3 atom stereocenters. The molecule has 1 aliphatic carbocycles. The predicted molar refractivity (Wildman–Crippen MR) is 88.3 cm³/mol. The number of carbonyl (C=O) groups is 1. The number of cyclic esters (lactones) is 1. The Morgan fingerprint density at radius 3 is 2.86 bits per heavy atom. The molecule has 3 nitrogen and oxygen atoms in total. The number of hydrogen-bond donors (Lipinski definition) is 1. The Kier molecular flexibility index (Phi) is 5.07. The first-order chi connectivity index (χ1) is 10.3. The Labute approximate surface area is 133 Å². The minimum absolute atomic E-state index is 0.236. The van der Waals surface area contributed by atoms with E-state index in [1.165, 1.54) is 11.1 Å². The molecule has 120 valence electrons. The molecule has 0 amide bonds. The molecule has 0 aromatic carbocycles. The van der Waals surface area contributed by atoms with Crippen molar-refractivity contribution in [1.82, 2.24) is 0 Å². The topological polar surface area (TPSA) is 46.5 Å². The van der Waals surface area contributed by atoms with E-state index in [0.29, 0.717) is 6.42 Å². The van der Waals surface area contributed by atoms with Crippen LogP contribution < -0.4 is 0 Å². The molecule has 1 heterocycles. The van der Waals surface area contributed by atoms with Gasteiger partial charge in [0.25, 0.3) is 0 Å². The molecular formula is C19H26O3. The average molecular weight is 302 g/mol. The number of carbonyl (C=O) groups excluding carboxylic acids is 1. The smallest absolute Gasteiger partial charge is 0.307 e. The number of aliphatic hydroxyl groups excluding tert-OH is 1. The van der Waals surface area contributed by atoms with Gasteiger partial charge < -0.3 is 9.84 Å². The predicted octanol–water partition coefficient (Wildman–Crippen LogP) is 3.86. The van der Waals surface area contributed by atoms with Gasteiger partial charge in [-0.15, -0.1) is 0 Å². The van der Waals surface area contributed by atoms with Crippen molar-refractivity contribution in [3.8, 4) is 0 Å². The van der Waals surface area contributed by atoms with E-state index in [4.69, 9.17) is 4.74 Å². The van der Waals surface area contributed by atoms with Gasteiger partial charge in [-0.05, 0) is 46.1 Å². The van der Waals surface area contributed by atoms with Gasteiger partial charge in [-0.1, -0.05) is 41.5 Å². The minimum Gasteiger partial charge on any atom is -0.457 e. The fourth-order valence-electron chi connectivity index (χ4n) is 3.24. The van der Waals surface area contributed by atoms with Crippen LogP contribution in [0.25, 0.3) is 0 Å². The van der Waals surface area contributed by atoms with Crippen molar-refractivity contribution in [3.05, 3.63) is 47.6 Å². The Morgan fingerprint density at radius 2 is 2.18 bits per heavy atom. The maximum atomic E-state index is 11.8. The van der Waals surface area contributed by atoms with Crippen LogP contribution in [-0.4, -0.2) is 23.3 Å². The highest BCUT2D eigenvalue weighted by atomic mass is 16.6. The van der Waals surface area contributed by atoms with Gasteiger partial charge in [0.1, 0.15) is 6.10 Å². The Balaban J connectivity index is 2.17. The first-order valence-electron chi connectivity index (χ1n) is 7.88. The number of ether oxygens (including phenoxy) is 1. The number of esters is 1. The summed E-state index contributed by atoms with van der Waals surface area (Å²) >= 11 is 0. The SMILES string of the molecule is C=C1C=C[C@@H](O)C2(C1)CC(=O)O[C@@H]2/C=C(\C)CCC=C(C)C. The van der Waals surface area contributed by atoms with E-state index < -0.39 is 11.5 Å². The molecule has 22 heavy (non-hydrogen) atoms. The lowest BCUT2D eigenvalue weighted by molar-refractivity contribution is -0.140. The summed E-state index contributed by atoms with van der Waals surface area (Å²) in [6.45, 7) is 10.2. The first kappa shape index (κ1) is 16.8. The zero-order chi connectivity index (χ0) is 16.3. The van der Waals surface area contributed by atoms with E-state index in [9.17, 15) is 9.90 Å². The zero-order valence-corrected chi connectivity index (χ0v) is 13.8. The normalized spacial score (nSPS) is 31.5. The van der Waals surface area contributed by atoms with E-state index >= 15 is 0 Å². The third-order valence-corrected chi connectivity index (χ3v) is 4.49. The fourth-order valence-corrected chi connectivity index (χ4v) is 3.24. The molecule has 1 spiro atoms. The number of aliphatic hydroxyl groups is 1. The van der Waals surface area contributed by atoms with Gasteiger partial charge in [0, 0.05) is 0 Å². The van der Waals surface area contributed by atoms with Crippen molar-refractivity contribution in [2.24, 2.45) is 5.41 Å². The minimum atomic E-state index is -0.670. The molecule has 0 saturated carbocycles. The molecule has 1 aliphatic heterocycles. The van der Waals surface area contributed by atoms with Crippen molar-refractivity contribution in [2.45, 2.75) is 58.7 Å². The summed E-state index contributed by atoms with van der Waals surface area (Å²) in [5, 5.41) is 10.4. The lowest BCUT2D eigenvalue weighted by Crippen LogP contribution is -2.42. The Bertz CT molecular complexity index is 549. The molecule has 0 aromatic rings. The molecule has 1 N–H and O–H groups in total. The summed E-state index contributed by atoms with van der Waals surface area (Å²) in [7, 11) is 0. The second-order valence-corrected chi connectivity index (χ2v) is 6.79. The molecule has 2 aliphatic rings. The highest BCUT2D eigenvalue weighted by Gasteiger charge is 2.53. The van der Waals surface area contributed by atoms with Crippen molar-refractivity contribution in [2.75, 3.05) is 0 Å². The Hall–Kier alpha value is -1.61. The molecule has 0 radical (unpaired) electrons. The van der Waals surface area contributed by atoms with Crippen LogP contribution in [0.4, 0.5) is 0 Å². The second kappa shape index (κ2) is 6.66. The van der Waals surface area contributed by atoms with Crippen LogP contribution in [-0.2, 0) is 9.53 Å². The summed E-state index contributed by atoms with van der Waals surface area (Å²) in [5.41, 5.74) is 2.84. The fraction of sp³-hybridized carbons (Fsp3) is 0.526. The lowest BCUT2D eigenvalue weighted by Gasteiger charge is -2.37. The molecule has 1 fully saturated rings. The summed E-state index contributed by atoms with van der Waals surface area (Å²) in [4.78, 5) is 11.8. The second-order valence-electron chi connectivity index (χ2n) is 6.79. The van der Waals surface area contributed by atoms with Crippen LogP contribution >= 0.6 is 0 Å². The number of hydrogen-bond acceptors (Lipinski definition) is 3. The van der Waals surface area contributed by atoms with Crippen LogP contribution in [0, 0.1) is 5.41 Å². The lowest BCUT2D eigenvalue weighted by atomic mass is 9.68. The third kappa shape index (κ3) is 3.58. The molecular weight excluding hydrogens is 276 g/mol. The third-order valence-electron chi connectivity index (χ3n) is 4.49. The van der Waals surface area contributed by atoms with E-state index in [-0.39, 0.29) is 18.5 Å². The molecule has 2 rings (SSSR count). The summed E-state index contributed by atoms with van der Waals surface area (Å²) in [6, 6.07) is 0. The van der Waals surface area contributed by atoms with E-state index in [0.717, 1.165) is 18.4 Å². The maximum absolute atomic E-state index is 11.8. The standard InChI is InChI=1S/C19H26O3/c1-13(2)6-5-7-14(3)10-17-19(12-18(21)22-17)11-15(4)8-9-16(19)20/h6,8-10,16-17,20H,4-5,7,11-12H2,1-3H3/b14-10+/t16-,17-,19?/m1/s1. The van der Waals surface area contributed by atoms with Crippen molar-refractivity contribution in [3.63, 3.8) is 0 Å². The molecule has 3 heteroatoms. The van der Waals surface area contributed by atoms with Gasteiger partial charge in [0.15, 0.2) is 0 Å². The largest absolute Gasteiger partial charge is 0.457 e. The van der Waals surface area contributed by atoms with Crippen molar-refractivity contribution in [1.29, 1.82) is 0 Å². The summed E-state index contributed by atoms with van der Waals surface area (Å²) in [6.07, 6.45) is 9.50. The highest BCUT2D eigenvalue weighted by Crippen LogP contribution is 2.47. The molecule has 1 saturated heterocycles. The first-order valence-corrected chi connectivity index (χ1v) is 7.88.